The zero-order valence-electron chi connectivity index (χ0n) is 10.7. The molecule has 0 heterocycles. The Morgan fingerprint density at radius 3 is 2.68 bits per heavy atom. The fourth-order valence-electron chi connectivity index (χ4n) is 2.49. The molecule has 1 amide bonds. The topological polar surface area (TPSA) is 69.6 Å². The number of carbonyl (C=O) groups is 1. The van der Waals surface area contributed by atoms with Gasteiger partial charge < -0.3 is 15.5 Å². The Balaban J connectivity index is 1.99. The van der Waals surface area contributed by atoms with Crippen LogP contribution in [0.15, 0.2) is 18.2 Å². The molecule has 0 bridgehead atoms. The lowest BCUT2D eigenvalue weighted by molar-refractivity contribution is -0.122. The highest BCUT2D eigenvalue weighted by atomic mass is 19.1. The molecule has 5 heteroatoms. The van der Waals surface area contributed by atoms with Crippen molar-refractivity contribution in [2.45, 2.75) is 44.1 Å². The normalized spacial score (nSPS) is 18.0. The van der Waals surface area contributed by atoms with Gasteiger partial charge in [-0.15, -0.1) is 0 Å². The Labute approximate surface area is 111 Å². The minimum atomic E-state index is -0.967. The monoisotopic (exact) mass is 267 g/mol. The van der Waals surface area contributed by atoms with Crippen LogP contribution >= 0.6 is 0 Å². The molecule has 0 aliphatic heterocycles. The number of aromatic hydroxyl groups is 1. The second-order valence-corrected chi connectivity index (χ2v) is 5.17. The molecule has 0 saturated heterocycles. The molecule has 1 fully saturated rings. The van der Waals surface area contributed by atoms with Crippen molar-refractivity contribution in [3.8, 4) is 5.75 Å². The molecule has 3 N–H and O–H groups in total. The summed E-state index contributed by atoms with van der Waals surface area (Å²) in [6.45, 7) is 0. The maximum absolute atomic E-state index is 13.0. The zero-order chi connectivity index (χ0) is 13.9. The lowest BCUT2D eigenvalue weighted by Gasteiger charge is -2.31. The Morgan fingerprint density at radius 2 is 2.00 bits per heavy atom. The third kappa shape index (κ3) is 3.67. The number of phenolic OH excluding ortho intramolecular Hbond substituents is 1. The quantitative estimate of drug-likeness (QED) is 0.737. The number of halogens is 1. The molecule has 0 radical (unpaired) electrons. The summed E-state index contributed by atoms with van der Waals surface area (Å²) in [6, 6.07) is 3.35. The molecule has 1 aliphatic rings. The lowest BCUT2D eigenvalue weighted by Crippen LogP contribution is -2.35. The summed E-state index contributed by atoms with van der Waals surface area (Å²) < 4.78 is 13.0. The van der Waals surface area contributed by atoms with E-state index in [9.17, 15) is 19.4 Å². The van der Waals surface area contributed by atoms with Crippen LogP contribution in [-0.4, -0.2) is 21.7 Å². The van der Waals surface area contributed by atoms with E-state index < -0.39 is 17.3 Å². The highest BCUT2D eigenvalue weighted by Crippen LogP contribution is 2.31. The van der Waals surface area contributed by atoms with Crippen molar-refractivity contribution in [1.82, 2.24) is 0 Å². The number of rotatable bonds is 3. The number of nitrogens with one attached hydrogen (secondary N) is 1. The van der Waals surface area contributed by atoms with Crippen molar-refractivity contribution in [2.24, 2.45) is 0 Å². The molecule has 1 aromatic carbocycles. The summed E-state index contributed by atoms with van der Waals surface area (Å²) in [5.41, 5.74) is -0.935. The molecule has 1 saturated carbocycles. The smallest absolute Gasteiger partial charge is 0.227 e. The lowest BCUT2D eigenvalue weighted by atomic mass is 9.82. The number of aliphatic hydroxyl groups is 1. The summed E-state index contributed by atoms with van der Waals surface area (Å²) in [5, 5.41) is 22.2. The molecule has 0 spiro atoms. The number of hydrogen-bond acceptors (Lipinski definition) is 3. The van der Waals surface area contributed by atoms with Gasteiger partial charge in [0.05, 0.1) is 17.7 Å². The molecular weight excluding hydrogens is 249 g/mol. The van der Waals surface area contributed by atoms with Gasteiger partial charge in [-0.2, -0.15) is 0 Å². The van der Waals surface area contributed by atoms with Crippen LogP contribution in [-0.2, 0) is 4.79 Å². The number of anilines is 1. The minimum absolute atomic E-state index is 0.0248. The van der Waals surface area contributed by atoms with Crippen LogP contribution in [0.2, 0.25) is 0 Å². The maximum Gasteiger partial charge on any atom is 0.227 e. The van der Waals surface area contributed by atoms with Crippen molar-refractivity contribution in [2.75, 3.05) is 5.32 Å². The SMILES string of the molecule is O=C(CC1(O)CCCCC1)Nc1cc(F)ccc1O. The summed E-state index contributed by atoms with van der Waals surface area (Å²) >= 11 is 0. The van der Waals surface area contributed by atoms with Crippen molar-refractivity contribution < 1.29 is 19.4 Å². The first-order valence-electron chi connectivity index (χ1n) is 6.49. The molecule has 1 aromatic rings. The van der Waals surface area contributed by atoms with Gasteiger partial charge in [-0.05, 0) is 25.0 Å². The van der Waals surface area contributed by atoms with Gasteiger partial charge in [0.15, 0.2) is 0 Å². The average Bonchev–Trinajstić information content (AvgIpc) is 2.34. The Kier molecular flexibility index (Phi) is 4.04. The first kappa shape index (κ1) is 13.8. The van der Waals surface area contributed by atoms with Crippen molar-refractivity contribution in [1.29, 1.82) is 0 Å². The third-order valence-electron chi connectivity index (χ3n) is 3.51. The van der Waals surface area contributed by atoms with Gasteiger partial charge in [0, 0.05) is 6.07 Å². The Hall–Kier alpha value is -1.62. The number of benzene rings is 1. The van der Waals surface area contributed by atoms with E-state index in [4.69, 9.17) is 0 Å². The predicted molar refractivity (Wildman–Crippen MR) is 69.3 cm³/mol. The van der Waals surface area contributed by atoms with Crippen LogP contribution in [0.3, 0.4) is 0 Å². The minimum Gasteiger partial charge on any atom is -0.506 e. The largest absolute Gasteiger partial charge is 0.506 e. The molecule has 0 aromatic heterocycles. The second-order valence-electron chi connectivity index (χ2n) is 5.17. The highest BCUT2D eigenvalue weighted by Gasteiger charge is 2.31. The van der Waals surface area contributed by atoms with E-state index in [1.165, 1.54) is 6.07 Å². The van der Waals surface area contributed by atoms with Gasteiger partial charge in [-0.1, -0.05) is 19.3 Å². The van der Waals surface area contributed by atoms with Gasteiger partial charge in [0.25, 0.3) is 0 Å². The Morgan fingerprint density at radius 1 is 1.32 bits per heavy atom. The van der Waals surface area contributed by atoms with Gasteiger partial charge in [-0.25, -0.2) is 4.39 Å². The average molecular weight is 267 g/mol. The summed E-state index contributed by atoms with van der Waals surface area (Å²) in [5.74, 6) is -1.14. The van der Waals surface area contributed by atoms with Crippen LogP contribution in [0.1, 0.15) is 38.5 Å². The van der Waals surface area contributed by atoms with Crippen molar-refractivity contribution in [3.63, 3.8) is 0 Å². The fraction of sp³-hybridized carbons (Fsp3) is 0.500. The number of hydrogen-bond donors (Lipinski definition) is 3. The van der Waals surface area contributed by atoms with E-state index in [2.05, 4.69) is 5.32 Å². The first-order chi connectivity index (χ1) is 8.98. The van der Waals surface area contributed by atoms with Crippen LogP contribution in [0, 0.1) is 5.82 Å². The first-order valence-corrected chi connectivity index (χ1v) is 6.49. The van der Waals surface area contributed by atoms with E-state index in [0.29, 0.717) is 12.8 Å². The molecular formula is C14H18FNO3. The molecule has 0 atom stereocenters. The van der Waals surface area contributed by atoms with Crippen LogP contribution < -0.4 is 5.32 Å². The van der Waals surface area contributed by atoms with E-state index in [0.717, 1.165) is 31.4 Å². The molecule has 19 heavy (non-hydrogen) atoms. The maximum atomic E-state index is 13.0. The Bertz CT molecular complexity index is 470. The van der Waals surface area contributed by atoms with Crippen LogP contribution in [0.25, 0.3) is 0 Å². The van der Waals surface area contributed by atoms with Crippen molar-refractivity contribution in [3.05, 3.63) is 24.0 Å². The van der Waals surface area contributed by atoms with E-state index in [-0.39, 0.29) is 17.9 Å². The van der Waals surface area contributed by atoms with Crippen LogP contribution in [0.5, 0.6) is 5.75 Å². The highest BCUT2D eigenvalue weighted by molar-refractivity contribution is 5.92. The predicted octanol–water partition coefficient (Wildman–Crippen LogP) is 2.56. The van der Waals surface area contributed by atoms with Crippen molar-refractivity contribution >= 4 is 11.6 Å². The van der Waals surface area contributed by atoms with Gasteiger partial charge in [0.2, 0.25) is 5.91 Å². The fourth-order valence-corrected chi connectivity index (χ4v) is 2.49. The molecule has 1 aliphatic carbocycles. The van der Waals surface area contributed by atoms with E-state index in [1.807, 2.05) is 0 Å². The van der Waals surface area contributed by atoms with Gasteiger partial charge in [-0.3, -0.25) is 4.79 Å². The van der Waals surface area contributed by atoms with E-state index >= 15 is 0 Å². The van der Waals surface area contributed by atoms with Gasteiger partial charge >= 0.3 is 0 Å². The molecule has 0 unspecified atom stereocenters. The number of carbonyl (C=O) groups excluding carboxylic acids is 1. The molecule has 104 valence electrons. The third-order valence-corrected chi connectivity index (χ3v) is 3.51. The standard InChI is InChI=1S/C14H18FNO3/c15-10-4-5-12(17)11(8-10)16-13(18)9-14(19)6-2-1-3-7-14/h4-5,8,17,19H,1-3,6-7,9H2,(H,16,18). The second kappa shape index (κ2) is 5.57. The summed E-state index contributed by atoms with van der Waals surface area (Å²) in [4.78, 5) is 11.8. The molecule has 4 nitrogen and oxygen atoms in total. The molecule has 2 rings (SSSR count). The number of phenols is 1. The van der Waals surface area contributed by atoms with E-state index in [1.54, 1.807) is 0 Å². The zero-order valence-corrected chi connectivity index (χ0v) is 10.7. The van der Waals surface area contributed by atoms with Crippen LogP contribution in [0.4, 0.5) is 10.1 Å². The summed E-state index contributed by atoms with van der Waals surface area (Å²) in [6.07, 6.45) is 4.09. The summed E-state index contributed by atoms with van der Waals surface area (Å²) in [7, 11) is 0. The number of amides is 1. The van der Waals surface area contributed by atoms with Gasteiger partial charge in [0.1, 0.15) is 11.6 Å².